The van der Waals surface area contributed by atoms with Crippen molar-refractivity contribution in [2.45, 2.75) is 0 Å². The van der Waals surface area contributed by atoms with Crippen molar-refractivity contribution >= 4 is 21.7 Å². The molecule has 0 unspecified atom stereocenters. The van der Waals surface area contributed by atoms with Gasteiger partial charge >= 0.3 is 0 Å². The van der Waals surface area contributed by atoms with E-state index >= 15 is 0 Å². The maximum absolute atomic E-state index is 4.34. The number of hydrogen-bond acceptors (Lipinski definition) is 4. The third-order valence-corrected chi connectivity index (χ3v) is 2.58. The van der Waals surface area contributed by atoms with Gasteiger partial charge in [0.2, 0.25) is 0 Å². The van der Waals surface area contributed by atoms with E-state index in [4.69, 9.17) is 0 Å². The first-order valence-electron chi connectivity index (χ1n) is 4.40. The number of nitrogens with one attached hydrogen (secondary N) is 1. The van der Waals surface area contributed by atoms with Gasteiger partial charge in [-0.15, -0.1) is 0 Å². The minimum Gasteiger partial charge on any atom is -0.372 e. The summed E-state index contributed by atoms with van der Waals surface area (Å²) in [6.07, 6.45) is 5.29. The van der Waals surface area contributed by atoms with Crippen molar-refractivity contribution in [2.24, 2.45) is 7.05 Å². The number of rotatable bonds is 2. The third-order valence-electron chi connectivity index (χ3n) is 2.00. The highest BCUT2D eigenvalue weighted by Gasteiger charge is 2.09. The quantitative estimate of drug-likeness (QED) is 0.900. The Labute approximate surface area is 95.7 Å². The Morgan fingerprint density at radius 3 is 2.80 bits per heavy atom. The largest absolute Gasteiger partial charge is 0.372 e. The molecule has 0 amide bonds. The average Bonchev–Trinajstić information content (AvgIpc) is 2.65. The Morgan fingerprint density at radius 2 is 2.20 bits per heavy atom. The molecule has 0 fully saturated rings. The van der Waals surface area contributed by atoms with Crippen molar-refractivity contribution in [3.63, 3.8) is 0 Å². The molecule has 0 saturated heterocycles. The molecule has 0 aliphatic rings. The zero-order chi connectivity index (χ0) is 10.8. The summed E-state index contributed by atoms with van der Waals surface area (Å²) >= 11 is 3.36. The van der Waals surface area contributed by atoms with E-state index in [0.29, 0.717) is 5.82 Å². The topological polar surface area (TPSA) is 55.6 Å². The summed E-state index contributed by atoms with van der Waals surface area (Å²) in [7, 11) is 3.72. The van der Waals surface area contributed by atoms with Crippen LogP contribution in [0.3, 0.4) is 0 Å². The molecule has 15 heavy (non-hydrogen) atoms. The van der Waals surface area contributed by atoms with E-state index in [2.05, 4.69) is 36.2 Å². The summed E-state index contributed by atoms with van der Waals surface area (Å²) in [6, 6.07) is 0. The van der Waals surface area contributed by atoms with E-state index in [1.165, 1.54) is 0 Å². The fourth-order valence-electron chi connectivity index (χ4n) is 1.23. The molecular weight excluding hydrogens is 258 g/mol. The van der Waals surface area contributed by atoms with Gasteiger partial charge in [-0.05, 0) is 15.9 Å². The number of aryl methyl sites for hydroxylation is 1. The van der Waals surface area contributed by atoms with Crippen LogP contribution in [0.1, 0.15) is 0 Å². The zero-order valence-corrected chi connectivity index (χ0v) is 9.98. The maximum atomic E-state index is 4.34. The highest BCUT2D eigenvalue weighted by Crippen LogP contribution is 2.21. The first kappa shape index (κ1) is 10.1. The van der Waals surface area contributed by atoms with Crippen LogP contribution in [0.2, 0.25) is 0 Å². The van der Waals surface area contributed by atoms with Gasteiger partial charge in [-0.2, -0.15) is 0 Å². The number of anilines is 1. The standard InChI is InChI=1S/C9H10BrN5/c1-11-7-6(10)5-13-8(14-7)9-12-3-4-15(9)2/h3-5H,1-2H3,(H,11,13,14). The van der Waals surface area contributed by atoms with Gasteiger partial charge in [0.15, 0.2) is 11.6 Å². The van der Waals surface area contributed by atoms with Crippen LogP contribution in [-0.2, 0) is 7.05 Å². The predicted molar refractivity (Wildman–Crippen MR) is 61.5 cm³/mol. The number of aromatic nitrogens is 4. The second-order valence-corrected chi connectivity index (χ2v) is 3.86. The summed E-state index contributed by atoms with van der Waals surface area (Å²) < 4.78 is 2.71. The lowest BCUT2D eigenvalue weighted by Crippen LogP contribution is -2.01. The van der Waals surface area contributed by atoms with Crippen molar-refractivity contribution in [2.75, 3.05) is 12.4 Å². The Hall–Kier alpha value is -1.43. The molecule has 2 aromatic rings. The van der Waals surface area contributed by atoms with Gasteiger partial charge in [-0.1, -0.05) is 0 Å². The van der Waals surface area contributed by atoms with Crippen LogP contribution in [0.4, 0.5) is 5.82 Å². The van der Waals surface area contributed by atoms with Crippen LogP contribution in [0.15, 0.2) is 23.1 Å². The molecule has 0 spiro atoms. The Morgan fingerprint density at radius 1 is 1.40 bits per heavy atom. The van der Waals surface area contributed by atoms with Gasteiger partial charge in [0, 0.05) is 32.7 Å². The highest BCUT2D eigenvalue weighted by molar-refractivity contribution is 9.10. The zero-order valence-electron chi connectivity index (χ0n) is 8.40. The molecule has 0 radical (unpaired) electrons. The summed E-state index contributed by atoms with van der Waals surface area (Å²) in [6.45, 7) is 0. The lowest BCUT2D eigenvalue weighted by Gasteiger charge is -2.04. The lowest BCUT2D eigenvalue weighted by atomic mass is 10.5. The first-order valence-corrected chi connectivity index (χ1v) is 5.19. The van der Waals surface area contributed by atoms with Crippen LogP contribution in [-0.4, -0.2) is 26.6 Å². The average molecular weight is 268 g/mol. The second-order valence-electron chi connectivity index (χ2n) is 3.00. The normalized spacial score (nSPS) is 10.3. The smallest absolute Gasteiger partial charge is 0.197 e. The first-order chi connectivity index (χ1) is 7.22. The fourth-order valence-corrected chi connectivity index (χ4v) is 1.62. The number of imidazole rings is 1. The van der Waals surface area contributed by atoms with Gasteiger partial charge in [0.05, 0.1) is 4.47 Å². The molecule has 78 valence electrons. The summed E-state index contributed by atoms with van der Waals surface area (Å²) in [5.74, 6) is 2.11. The van der Waals surface area contributed by atoms with Crippen molar-refractivity contribution < 1.29 is 0 Å². The van der Waals surface area contributed by atoms with Crippen LogP contribution in [0.5, 0.6) is 0 Å². The minimum absolute atomic E-state index is 0.607. The van der Waals surface area contributed by atoms with E-state index in [-0.39, 0.29) is 0 Å². The number of nitrogens with zero attached hydrogens (tertiary/aromatic N) is 4. The minimum atomic E-state index is 0.607. The molecule has 5 nitrogen and oxygen atoms in total. The molecule has 0 aliphatic heterocycles. The Kier molecular flexibility index (Phi) is 2.68. The summed E-state index contributed by atoms with van der Waals surface area (Å²) in [4.78, 5) is 12.7. The van der Waals surface area contributed by atoms with Crippen LogP contribution >= 0.6 is 15.9 Å². The number of hydrogen-bond donors (Lipinski definition) is 1. The molecular formula is C9H10BrN5. The Bertz CT molecular complexity index is 479. The molecule has 0 bridgehead atoms. The van der Waals surface area contributed by atoms with Gasteiger partial charge in [0.25, 0.3) is 0 Å². The maximum Gasteiger partial charge on any atom is 0.197 e. The lowest BCUT2D eigenvalue weighted by molar-refractivity contribution is 0.906. The molecule has 2 aromatic heterocycles. The van der Waals surface area contributed by atoms with E-state index in [9.17, 15) is 0 Å². The highest BCUT2D eigenvalue weighted by atomic mass is 79.9. The third kappa shape index (κ3) is 1.85. The molecule has 1 N–H and O–H groups in total. The van der Waals surface area contributed by atoms with Crippen LogP contribution < -0.4 is 5.32 Å². The molecule has 6 heteroatoms. The van der Waals surface area contributed by atoms with Gasteiger partial charge in [-0.25, -0.2) is 15.0 Å². The van der Waals surface area contributed by atoms with E-state index in [1.807, 2.05) is 24.9 Å². The molecule has 0 atom stereocenters. The van der Waals surface area contributed by atoms with Crippen LogP contribution in [0.25, 0.3) is 11.6 Å². The van der Waals surface area contributed by atoms with Gasteiger partial charge in [-0.3, -0.25) is 0 Å². The molecule has 0 aromatic carbocycles. The monoisotopic (exact) mass is 267 g/mol. The molecule has 2 rings (SSSR count). The predicted octanol–water partition coefficient (Wildman–Crippen LogP) is 1.68. The van der Waals surface area contributed by atoms with Gasteiger partial charge < -0.3 is 9.88 Å². The summed E-state index contributed by atoms with van der Waals surface area (Å²) in [5.41, 5.74) is 0. The second kappa shape index (κ2) is 3.98. The molecule has 0 aliphatic carbocycles. The molecule has 0 saturated carbocycles. The number of halogens is 1. The van der Waals surface area contributed by atoms with Crippen molar-refractivity contribution in [3.8, 4) is 11.6 Å². The SMILES string of the molecule is CNc1nc(-c2nccn2C)ncc1Br. The van der Waals surface area contributed by atoms with Crippen molar-refractivity contribution in [1.82, 2.24) is 19.5 Å². The fraction of sp³-hybridized carbons (Fsp3) is 0.222. The van der Waals surface area contributed by atoms with E-state index in [1.54, 1.807) is 12.4 Å². The van der Waals surface area contributed by atoms with Gasteiger partial charge in [0.1, 0.15) is 5.82 Å². The van der Waals surface area contributed by atoms with Crippen LogP contribution in [0, 0.1) is 0 Å². The summed E-state index contributed by atoms with van der Waals surface area (Å²) in [5, 5.41) is 2.98. The van der Waals surface area contributed by atoms with Crippen molar-refractivity contribution in [1.29, 1.82) is 0 Å². The van der Waals surface area contributed by atoms with E-state index in [0.717, 1.165) is 16.1 Å². The Balaban J connectivity index is 2.51. The molecule has 2 heterocycles. The van der Waals surface area contributed by atoms with E-state index < -0.39 is 0 Å². The van der Waals surface area contributed by atoms with Crippen molar-refractivity contribution in [3.05, 3.63) is 23.1 Å².